The Morgan fingerprint density at radius 3 is 1.08 bits per heavy atom. The number of aliphatic imine (C=N–C) groups is 1. The minimum absolute atomic E-state index is 0.106. The molecule has 2 rings (SSSR count). The van der Waals surface area contributed by atoms with Crippen LogP contribution in [-0.4, -0.2) is 54.8 Å². The molecule has 73 heavy (non-hydrogen) atoms. The molecule has 0 spiro atoms. The van der Waals surface area contributed by atoms with Crippen molar-refractivity contribution in [3.8, 4) is 0 Å². The quantitative estimate of drug-likeness (QED) is 0.0170. The van der Waals surface area contributed by atoms with Crippen LogP contribution in [0.2, 0.25) is 72.5 Å². The first kappa shape index (κ1) is 73.1. The van der Waals surface area contributed by atoms with Gasteiger partial charge in [-0.15, -0.1) is 59.2 Å². The summed E-state index contributed by atoms with van der Waals surface area (Å²) in [5.41, 5.74) is 19.1. The summed E-state index contributed by atoms with van der Waals surface area (Å²) in [5.74, 6) is 0. The number of amides is 2. The van der Waals surface area contributed by atoms with Gasteiger partial charge in [0.1, 0.15) is 0 Å². The summed E-state index contributed by atoms with van der Waals surface area (Å²) in [6.07, 6.45) is 4.82. The van der Waals surface area contributed by atoms with Gasteiger partial charge in [0, 0.05) is 25.0 Å². The van der Waals surface area contributed by atoms with E-state index in [4.69, 9.17) is 5.73 Å². The zero-order chi connectivity index (χ0) is 56.5. The lowest BCUT2D eigenvalue weighted by Crippen LogP contribution is -2.38. The van der Waals surface area contributed by atoms with Gasteiger partial charge in [0.2, 0.25) is 6.08 Å². The first-order chi connectivity index (χ1) is 34.3. The van der Waals surface area contributed by atoms with Gasteiger partial charge in [-0.25, -0.2) is 14.6 Å². The lowest BCUT2D eigenvalue weighted by Gasteiger charge is -2.33. The lowest BCUT2D eigenvalue weighted by atomic mass is 10.2. The monoisotopic (exact) mass is 1110 g/mol. The van der Waals surface area contributed by atoms with Gasteiger partial charge in [-0.3, -0.25) is 0 Å². The minimum atomic E-state index is -1.60. The number of alkyl halides is 1. The number of isocyanates is 1. The van der Waals surface area contributed by atoms with Crippen molar-refractivity contribution in [2.75, 3.05) is 18.4 Å². The second-order valence-corrected chi connectivity index (χ2v) is 35.9. The molecule has 0 aromatic heterocycles. The van der Waals surface area contributed by atoms with E-state index >= 15 is 0 Å². The van der Waals surface area contributed by atoms with Crippen LogP contribution in [0.15, 0.2) is 175 Å². The molecule has 0 atom stereocenters. The van der Waals surface area contributed by atoms with E-state index in [-0.39, 0.29) is 6.03 Å². The number of carbonyl (C=O) groups excluding carboxylic acids is 2. The zero-order valence-electron chi connectivity index (χ0n) is 48.5. The number of rotatable bonds is 32. The molecule has 0 aliphatic heterocycles. The molecule has 0 saturated carbocycles. The highest BCUT2D eigenvalue weighted by Crippen LogP contribution is 2.37. The summed E-state index contributed by atoms with van der Waals surface area (Å²) in [4.78, 5) is 25.8. The molecule has 0 radical (unpaired) electrons. The van der Waals surface area contributed by atoms with E-state index in [2.05, 4.69) is 153 Å². The second-order valence-electron chi connectivity index (χ2n) is 21.5. The Kier molecular flexibility index (Phi) is 43.2. The average Bonchev–Trinajstić information content (AvgIpc) is 3.28. The largest absolute Gasteiger partial charge is 0.338 e. The number of carbonyl (C=O) groups is 1. The summed E-state index contributed by atoms with van der Waals surface area (Å²) < 4.78 is 0. The van der Waals surface area contributed by atoms with Gasteiger partial charge in [0.15, 0.2) is 0 Å². The molecule has 10 heteroatoms. The molecule has 0 fully saturated rings. The Morgan fingerprint density at radius 2 is 0.808 bits per heavy atom. The van der Waals surface area contributed by atoms with Crippen LogP contribution in [0, 0.1) is 0 Å². The Balaban J connectivity index is -0.000000940. The van der Waals surface area contributed by atoms with Crippen molar-refractivity contribution < 1.29 is 9.59 Å². The number of urea groups is 1. The van der Waals surface area contributed by atoms with E-state index in [9.17, 15) is 9.59 Å². The second kappa shape index (κ2) is 43.1. The third-order valence-electron chi connectivity index (χ3n) is 11.5. The molecule has 0 aliphatic carbocycles. The first-order valence-electron chi connectivity index (χ1n) is 26.5. The van der Waals surface area contributed by atoms with Crippen LogP contribution in [0.4, 0.5) is 4.79 Å². The van der Waals surface area contributed by atoms with Gasteiger partial charge in [-0.2, -0.15) is 0 Å². The maximum Gasteiger partial charge on any atom is 0.315 e. The highest BCUT2D eigenvalue weighted by Gasteiger charge is 2.34. The molecule has 0 unspecified atom stereocenters. The summed E-state index contributed by atoms with van der Waals surface area (Å²) in [6.45, 7) is 62.7. The van der Waals surface area contributed by atoms with Crippen LogP contribution >= 0.6 is 15.9 Å². The molecule has 0 heterocycles. The third kappa shape index (κ3) is 41.8. The number of benzene rings is 2. The number of hydrogen-bond acceptors (Lipinski definition) is 4. The van der Waals surface area contributed by atoms with Crippen molar-refractivity contribution in [1.82, 2.24) is 10.6 Å². The highest BCUT2D eigenvalue weighted by atomic mass is 79.9. The predicted molar refractivity (Wildman–Crippen MR) is 341 cm³/mol. The maximum absolute atomic E-state index is 12.0. The van der Waals surface area contributed by atoms with E-state index in [1.54, 1.807) is 6.08 Å². The van der Waals surface area contributed by atoms with Crippen molar-refractivity contribution in [3.05, 3.63) is 181 Å². The predicted octanol–water partition coefficient (Wildman–Crippen LogP) is 19.1. The smallest absolute Gasteiger partial charge is 0.315 e. The normalized spacial score (nSPS) is 10.5. The van der Waals surface area contributed by atoms with E-state index in [1.807, 2.05) is 74.5 Å². The van der Waals surface area contributed by atoms with Crippen LogP contribution in [0.5, 0.6) is 0 Å². The first-order valence-corrected chi connectivity index (χ1v) is 36.1. The maximum atomic E-state index is 12.0. The number of halogens is 1. The van der Waals surface area contributed by atoms with Gasteiger partial charge in [0.05, 0.1) is 30.8 Å². The fourth-order valence-electron chi connectivity index (χ4n) is 10.3. The van der Waals surface area contributed by atoms with Crippen LogP contribution in [0.3, 0.4) is 0 Å². The van der Waals surface area contributed by atoms with Crippen molar-refractivity contribution >= 4 is 52.3 Å². The number of allylic oxidation sites excluding steroid dienone is 9. The minimum Gasteiger partial charge on any atom is -0.338 e. The molecular formula is C63H105BrN4O2Si3. The fourth-order valence-corrected chi connectivity index (χ4v) is 28.1. The Bertz CT molecular complexity index is 1920. The highest BCUT2D eigenvalue weighted by molar-refractivity contribution is 9.09. The summed E-state index contributed by atoms with van der Waals surface area (Å²) in [6, 6.07) is 33.8. The van der Waals surface area contributed by atoms with Crippen LogP contribution in [0.25, 0.3) is 0 Å². The Labute approximate surface area is 461 Å². The van der Waals surface area contributed by atoms with E-state index in [1.165, 1.54) is 86.3 Å². The van der Waals surface area contributed by atoms with Gasteiger partial charge in [-0.1, -0.05) is 159 Å². The lowest BCUT2D eigenvalue weighted by molar-refractivity contribution is 0.240. The fraction of sp³-hybridized carbons (Fsp3) is 0.492. The molecule has 4 N–H and O–H groups in total. The van der Waals surface area contributed by atoms with E-state index < -0.39 is 24.2 Å². The van der Waals surface area contributed by atoms with Crippen molar-refractivity contribution in [1.29, 1.82) is 0 Å². The standard InChI is InChI=1S/C23H36N2OSi.C16H27NOSi.C15H27BrSi.C7H9N.C2H6/c1-19(2)16-27(17-20(3)4,18-21(5)6)14-10-13-24-23(26)25-15-22-11-8-7-9-12-22;1-14(2)10-19(11-15(3)4,12-16(5)6)9-7-8-17-13-18;1-13(2)10-17(9-7-8-16,11-14(3)4)12-15(5)6;8-6-7-4-2-1-3-5-7;1-2/h7-9,11-12H,1,3,5,10,13-18H2,2,4,6H3,(H2,24,25,26);1,3,5,7-12H2,2,4,6H3;1,3,5,7-12H2,2,4,6H3;1-5H,6,8H2;1-2H3. The molecule has 0 saturated heterocycles. The molecular weight excluding hydrogens is 1010 g/mol. The number of nitrogens with two attached hydrogens (primary N) is 1. The average molecular weight is 1110 g/mol. The van der Waals surface area contributed by atoms with Crippen LogP contribution in [0.1, 0.15) is 107 Å². The third-order valence-corrected chi connectivity index (χ3v) is 28.5. The van der Waals surface area contributed by atoms with Crippen molar-refractivity contribution in [2.24, 2.45) is 10.7 Å². The van der Waals surface area contributed by atoms with Gasteiger partial charge in [0.25, 0.3) is 0 Å². The molecule has 6 nitrogen and oxygen atoms in total. The number of hydrogen-bond donors (Lipinski definition) is 3. The van der Waals surface area contributed by atoms with Gasteiger partial charge in [-0.05, 0) is 147 Å². The van der Waals surface area contributed by atoms with Gasteiger partial charge >= 0.3 is 6.03 Å². The van der Waals surface area contributed by atoms with Crippen molar-refractivity contribution in [3.63, 3.8) is 0 Å². The molecule has 408 valence electrons. The summed E-state index contributed by atoms with van der Waals surface area (Å²) >= 11 is 3.56. The summed E-state index contributed by atoms with van der Waals surface area (Å²) in [5, 5.41) is 7.00. The number of nitrogens with one attached hydrogen (secondary N) is 2. The van der Waals surface area contributed by atoms with Gasteiger partial charge < -0.3 is 16.4 Å². The van der Waals surface area contributed by atoms with Crippen LogP contribution in [-0.2, 0) is 17.9 Å². The zero-order valence-corrected chi connectivity index (χ0v) is 53.1. The molecule has 2 aromatic rings. The van der Waals surface area contributed by atoms with Crippen LogP contribution < -0.4 is 16.4 Å². The topological polar surface area (TPSA) is 96.6 Å². The molecule has 2 amide bonds. The SMILES string of the molecule is C=C(C)C[Si](CCCBr)(CC(=C)C)CC(=C)C.C=C(C)C[Si](CCCN=C=O)(CC(=C)C)CC(=C)C.C=C(C)C[Si](CCCNC(=O)NCc1ccccc1)(CC(=C)C)CC(=C)C.CC.NCc1ccccc1. The molecule has 0 bridgehead atoms. The van der Waals surface area contributed by atoms with Crippen molar-refractivity contribution in [2.45, 2.75) is 181 Å². The molecule has 2 aromatic carbocycles. The summed E-state index contributed by atoms with van der Waals surface area (Å²) in [7, 11) is -4.46. The Hall–Kier alpha value is -4.16. The van der Waals surface area contributed by atoms with E-state index in [0.717, 1.165) is 72.1 Å². The molecule has 0 aliphatic rings. The van der Waals surface area contributed by atoms with E-state index in [0.29, 0.717) is 26.2 Å². The number of nitrogens with zero attached hydrogens (tertiary/aromatic N) is 1. The Morgan fingerprint density at radius 1 is 0.507 bits per heavy atom.